The summed E-state index contributed by atoms with van der Waals surface area (Å²) in [6.45, 7) is 1.16. The first-order valence-electron chi connectivity index (χ1n) is 5.07. The first-order valence-corrected chi connectivity index (χ1v) is 5.07. The zero-order chi connectivity index (χ0) is 11.5. The number of nitrogens with two attached hydrogens (primary N) is 1. The zero-order valence-electron chi connectivity index (χ0n) is 8.73. The number of hydrazine groups is 1. The van der Waals surface area contributed by atoms with E-state index in [9.17, 15) is 9.59 Å². The highest BCUT2D eigenvalue weighted by Gasteiger charge is 2.21. The lowest BCUT2D eigenvalue weighted by Crippen LogP contribution is -2.29. The minimum absolute atomic E-state index is 0.126. The van der Waals surface area contributed by atoms with Crippen LogP contribution in [0.1, 0.15) is 29.0 Å². The number of amides is 2. The van der Waals surface area contributed by atoms with Crippen molar-refractivity contribution < 1.29 is 14.0 Å². The van der Waals surface area contributed by atoms with Crippen molar-refractivity contribution in [2.24, 2.45) is 5.84 Å². The van der Waals surface area contributed by atoms with Gasteiger partial charge in [0.15, 0.2) is 0 Å². The molecule has 6 nitrogen and oxygen atoms in total. The van der Waals surface area contributed by atoms with Gasteiger partial charge in [0.1, 0.15) is 12.0 Å². The van der Waals surface area contributed by atoms with Gasteiger partial charge in [0, 0.05) is 13.0 Å². The van der Waals surface area contributed by atoms with E-state index in [0.717, 1.165) is 13.0 Å². The van der Waals surface area contributed by atoms with E-state index in [1.54, 1.807) is 11.0 Å². The molecule has 2 rings (SSSR count). The average molecular weight is 223 g/mol. The molecule has 1 aliphatic heterocycles. The monoisotopic (exact) mass is 223 g/mol. The van der Waals surface area contributed by atoms with E-state index in [1.165, 1.54) is 6.26 Å². The molecular weight excluding hydrogens is 210 g/mol. The molecule has 2 heterocycles. The van der Waals surface area contributed by atoms with Crippen LogP contribution in [-0.4, -0.2) is 23.3 Å². The van der Waals surface area contributed by atoms with Crippen molar-refractivity contribution in [2.45, 2.75) is 19.4 Å². The van der Waals surface area contributed by atoms with E-state index in [-0.39, 0.29) is 5.91 Å². The quantitative estimate of drug-likeness (QED) is 0.429. The van der Waals surface area contributed by atoms with Gasteiger partial charge in [-0.05, 0) is 12.5 Å². The Morgan fingerprint density at radius 1 is 1.62 bits per heavy atom. The summed E-state index contributed by atoms with van der Waals surface area (Å²) < 4.78 is 5.19. The van der Waals surface area contributed by atoms with Gasteiger partial charge in [-0.15, -0.1) is 0 Å². The van der Waals surface area contributed by atoms with Crippen molar-refractivity contribution in [3.63, 3.8) is 0 Å². The number of carbonyl (C=O) groups excluding carboxylic acids is 2. The van der Waals surface area contributed by atoms with Crippen LogP contribution in [0.3, 0.4) is 0 Å². The third-order valence-corrected chi connectivity index (χ3v) is 2.57. The van der Waals surface area contributed by atoms with E-state index >= 15 is 0 Å². The van der Waals surface area contributed by atoms with Crippen LogP contribution >= 0.6 is 0 Å². The Labute approximate surface area is 92.4 Å². The predicted molar refractivity (Wildman–Crippen MR) is 55.0 cm³/mol. The summed E-state index contributed by atoms with van der Waals surface area (Å²) >= 11 is 0. The van der Waals surface area contributed by atoms with Crippen LogP contribution in [0.2, 0.25) is 0 Å². The molecule has 6 heteroatoms. The van der Waals surface area contributed by atoms with E-state index in [1.807, 2.05) is 5.43 Å². The highest BCUT2D eigenvalue weighted by Crippen LogP contribution is 2.16. The van der Waals surface area contributed by atoms with Crippen molar-refractivity contribution >= 4 is 11.8 Å². The minimum atomic E-state index is -0.400. The zero-order valence-corrected chi connectivity index (χ0v) is 8.73. The van der Waals surface area contributed by atoms with Gasteiger partial charge < -0.3 is 9.32 Å². The molecule has 0 bridgehead atoms. The standard InChI is InChI=1S/C10H13N3O3/c11-12-10(15)7-4-8(16-6-7)5-13-3-1-2-9(13)14/h4,6H,1-3,5,11H2,(H,12,15). The topological polar surface area (TPSA) is 88.6 Å². The number of nitrogens with zero attached hydrogens (tertiary/aromatic N) is 1. The fraction of sp³-hybridized carbons (Fsp3) is 0.400. The Balaban J connectivity index is 2.02. The number of hydrogen-bond donors (Lipinski definition) is 2. The van der Waals surface area contributed by atoms with E-state index in [0.29, 0.717) is 24.3 Å². The van der Waals surface area contributed by atoms with Crippen LogP contribution in [0.5, 0.6) is 0 Å². The van der Waals surface area contributed by atoms with E-state index in [2.05, 4.69) is 0 Å². The smallest absolute Gasteiger partial charge is 0.268 e. The number of hydrogen-bond acceptors (Lipinski definition) is 4. The van der Waals surface area contributed by atoms with E-state index < -0.39 is 5.91 Å². The molecule has 1 aromatic rings. The second kappa shape index (κ2) is 4.36. The molecule has 0 saturated carbocycles. The molecule has 0 aromatic carbocycles. The Morgan fingerprint density at radius 2 is 2.44 bits per heavy atom. The normalized spacial score (nSPS) is 15.6. The summed E-state index contributed by atoms with van der Waals surface area (Å²) in [6, 6.07) is 1.59. The number of nitrogens with one attached hydrogen (secondary N) is 1. The second-order valence-electron chi connectivity index (χ2n) is 3.69. The molecule has 0 radical (unpaired) electrons. The summed E-state index contributed by atoms with van der Waals surface area (Å²) in [5.41, 5.74) is 2.38. The van der Waals surface area contributed by atoms with Crippen LogP contribution in [0.15, 0.2) is 16.7 Å². The predicted octanol–water partition coefficient (Wildman–Crippen LogP) is 0.00550. The second-order valence-corrected chi connectivity index (χ2v) is 3.69. The van der Waals surface area contributed by atoms with Crippen LogP contribution < -0.4 is 11.3 Å². The van der Waals surface area contributed by atoms with Crippen LogP contribution in [0, 0.1) is 0 Å². The Morgan fingerprint density at radius 3 is 3.06 bits per heavy atom. The summed E-state index contributed by atoms with van der Waals surface area (Å²) in [4.78, 5) is 24.2. The lowest BCUT2D eigenvalue weighted by atomic mass is 10.3. The number of carbonyl (C=O) groups is 2. The molecule has 0 unspecified atom stereocenters. The number of rotatable bonds is 3. The van der Waals surface area contributed by atoms with Gasteiger partial charge in [-0.1, -0.05) is 0 Å². The molecule has 0 atom stereocenters. The fourth-order valence-electron chi connectivity index (χ4n) is 1.73. The van der Waals surface area contributed by atoms with Crippen LogP contribution in [-0.2, 0) is 11.3 Å². The molecule has 0 spiro atoms. The van der Waals surface area contributed by atoms with Crippen molar-refractivity contribution in [1.82, 2.24) is 10.3 Å². The molecule has 1 aromatic heterocycles. The Kier molecular flexibility index (Phi) is 2.91. The lowest BCUT2D eigenvalue weighted by Gasteiger charge is -2.12. The average Bonchev–Trinajstić information content (AvgIpc) is 2.89. The van der Waals surface area contributed by atoms with Gasteiger partial charge in [-0.2, -0.15) is 0 Å². The van der Waals surface area contributed by atoms with Gasteiger partial charge >= 0.3 is 0 Å². The molecular formula is C10H13N3O3. The van der Waals surface area contributed by atoms with Crippen molar-refractivity contribution in [3.05, 3.63) is 23.7 Å². The van der Waals surface area contributed by atoms with Crippen molar-refractivity contribution in [3.8, 4) is 0 Å². The molecule has 16 heavy (non-hydrogen) atoms. The largest absolute Gasteiger partial charge is 0.467 e. The number of likely N-dealkylation sites (tertiary alicyclic amines) is 1. The van der Waals surface area contributed by atoms with Gasteiger partial charge in [0.05, 0.1) is 12.1 Å². The van der Waals surface area contributed by atoms with Crippen LogP contribution in [0.25, 0.3) is 0 Å². The van der Waals surface area contributed by atoms with Gasteiger partial charge in [-0.3, -0.25) is 15.0 Å². The number of nitrogen functional groups attached to an aromatic ring is 1. The fourth-order valence-corrected chi connectivity index (χ4v) is 1.73. The maximum atomic E-state index is 11.4. The minimum Gasteiger partial charge on any atom is -0.467 e. The first-order chi connectivity index (χ1) is 7.70. The SMILES string of the molecule is NNC(=O)c1coc(CN2CCCC2=O)c1. The third kappa shape index (κ3) is 2.06. The lowest BCUT2D eigenvalue weighted by molar-refractivity contribution is -0.128. The summed E-state index contributed by atoms with van der Waals surface area (Å²) in [6.07, 6.45) is 2.81. The molecule has 1 aliphatic rings. The van der Waals surface area contributed by atoms with Gasteiger partial charge in [-0.25, -0.2) is 5.84 Å². The molecule has 1 fully saturated rings. The Bertz CT molecular complexity index is 413. The molecule has 86 valence electrons. The summed E-state index contributed by atoms with van der Waals surface area (Å²) in [7, 11) is 0. The van der Waals surface area contributed by atoms with Crippen LogP contribution in [0.4, 0.5) is 0 Å². The van der Waals surface area contributed by atoms with Gasteiger partial charge in [0.2, 0.25) is 5.91 Å². The van der Waals surface area contributed by atoms with Crippen molar-refractivity contribution in [1.29, 1.82) is 0 Å². The van der Waals surface area contributed by atoms with Gasteiger partial charge in [0.25, 0.3) is 5.91 Å². The number of furan rings is 1. The molecule has 0 aliphatic carbocycles. The Hall–Kier alpha value is -1.82. The molecule has 1 saturated heterocycles. The molecule has 2 amide bonds. The summed E-state index contributed by atoms with van der Waals surface area (Å²) in [5.74, 6) is 5.31. The van der Waals surface area contributed by atoms with Crippen molar-refractivity contribution in [2.75, 3.05) is 6.54 Å². The summed E-state index contributed by atoms with van der Waals surface area (Å²) in [5, 5.41) is 0. The molecule has 3 N–H and O–H groups in total. The first kappa shape index (κ1) is 10.7. The third-order valence-electron chi connectivity index (χ3n) is 2.57. The highest BCUT2D eigenvalue weighted by atomic mass is 16.3. The maximum absolute atomic E-state index is 11.4. The maximum Gasteiger partial charge on any atom is 0.268 e. The van der Waals surface area contributed by atoms with E-state index in [4.69, 9.17) is 10.3 Å². The highest BCUT2D eigenvalue weighted by molar-refractivity contribution is 5.93.